The SMILES string of the molecule is c1ccc2c(c1)C(=C1c3ccccc3-c3[nH]c4ccccc4c31)c1c-2[nH]c2ccccc12. The zero-order chi connectivity index (χ0) is 20.8. The number of aromatic amines is 2. The van der Waals surface area contributed by atoms with Gasteiger partial charge in [-0.2, -0.15) is 0 Å². The van der Waals surface area contributed by atoms with E-state index < -0.39 is 0 Å². The van der Waals surface area contributed by atoms with Crippen molar-refractivity contribution in [3.63, 3.8) is 0 Å². The van der Waals surface area contributed by atoms with E-state index in [1.807, 2.05) is 0 Å². The predicted molar refractivity (Wildman–Crippen MR) is 132 cm³/mol. The highest BCUT2D eigenvalue weighted by molar-refractivity contribution is 6.25. The first kappa shape index (κ1) is 16.4. The first-order valence-corrected chi connectivity index (χ1v) is 11.1. The van der Waals surface area contributed by atoms with Crippen LogP contribution >= 0.6 is 0 Å². The summed E-state index contributed by atoms with van der Waals surface area (Å²) in [5.41, 5.74) is 15.3. The summed E-state index contributed by atoms with van der Waals surface area (Å²) >= 11 is 0. The van der Waals surface area contributed by atoms with Gasteiger partial charge in [0.2, 0.25) is 0 Å². The Labute approximate surface area is 184 Å². The van der Waals surface area contributed by atoms with E-state index in [-0.39, 0.29) is 0 Å². The van der Waals surface area contributed by atoms with Crippen LogP contribution in [-0.4, -0.2) is 9.97 Å². The average molecular weight is 406 g/mol. The molecule has 148 valence electrons. The predicted octanol–water partition coefficient (Wildman–Crippen LogP) is 7.62. The standard InChI is InChI=1S/C30H18N2/c1-3-11-19-17(9-1)25(27-21-13-5-7-15-23(21)31-29(19)27)26-18-10-2-4-12-20(18)30-28(26)22-14-6-8-16-24(22)32-30/h1-16,31-32H. The van der Waals surface area contributed by atoms with Gasteiger partial charge >= 0.3 is 0 Å². The van der Waals surface area contributed by atoms with Crippen LogP contribution in [0.4, 0.5) is 0 Å². The molecular formula is C30H18N2. The fourth-order valence-electron chi connectivity index (χ4n) is 5.83. The number of H-pyrrole nitrogens is 2. The third kappa shape index (κ3) is 1.86. The Morgan fingerprint density at radius 1 is 0.375 bits per heavy atom. The molecule has 2 nitrogen and oxygen atoms in total. The van der Waals surface area contributed by atoms with E-state index in [1.54, 1.807) is 0 Å². The highest BCUT2D eigenvalue weighted by Crippen LogP contribution is 2.56. The number of nitrogens with one attached hydrogen (secondary N) is 2. The van der Waals surface area contributed by atoms with Crippen LogP contribution in [0.3, 0.4) is 0 Å². The van der Waals surface area contributed by atoms with E-state index in [0.29, 0.717) is 0 Å². The first-order valence-electron chi connectivity index (χ1n) is 11.1. The second-order valence-corrected chi connectivity index (χ2v) is 8.68. The van der Waals surface area contributed by atoms with Crippen molar-refractivity contribution in [3.8, 4) is 22.5 Å². The molecule has 0 atom stereocenters. The molecule has 0 aliphatic heterocycles. The molecule has 2 aliphatic rings. The molecule has 8 rings (SSSR count). The summed E-state index contributed by atoms with van der Waals surface area (Å²) in [6, 6.07) is 35.0. The monoisotopic (exact) mass is 406 g/mol. The van der Waals surface area contributed by atoms with Crippen LogP contribution in [0.5, 0.6) is 0 Å². The Hall–Kier alpha value is -4.30. The number of fused-ring (bicyclic) bond motifs is 10. The largest absolute Gasteiger partial charge is 0.354 e. The van der Waals surface area contributed by atoms with E-state index in [4.69, 9.17) is 0 Å². The molecule has 2 heteroatoms. The van der Waals surface area contributed by atoms with E-state index in [0.717, 1.165) is 0 Å². The maximum absolute atomic E-state index is 3.72. The molecule has 4 aromatic carbocycles. The number of aromatic nitrogens is 2. The van der Waals surface area contributed by atoms with Gasteiger partial charge in [-0.1, -0.05) is 84.9 Å². The van der Waals surface area contributed by atoms with Crippen molar-refractivity contribution < 1.29 is 0 Å². The Balaban J connectivity index is 1.63. The summed E-state index contributed by atoms with van der Waals surface area (Å²) < 4.78 is 0. The third-order valence-electron chi connectivity index (χ3n) is 7.09. The number of rotatable bonds is 0. The van der Waals surface area contributed by atoms with E-state index in [1.165, 1.54) is 77.7 Å². The second kappa shape index (κ2) is 5.68. The maximum Gasteiger partial charge on any atom is 0.0551 e. The molecule has 0 radical (unpaired) electrons. The van der Waals surface area contributed by atoms with Crippen LogP contribution in [0, 0.1) is 0 Å². The highest BCUT2D eigenvalue weighted by Gasteiger charge is 2.36. The van der Waals surface area contributed by atoms with Gasteiger partial charge in [0.15, 0.2) is 0 Å². The van der Waals surface area contributed by atoms with Gasteiger partial charge in [-0.05, 0) is 23.3 Å². The quantitative estimate of drug-likeness (QED) is 0.260. The lowest BCUT2D eigenvalue weighted by molar-refractivity contribution is 1.46. The fourth-order valence-corrected chi connectivity index (χ4v) is 5.83. The lowest BCUT2D eigenvalue weighted by Gasteiger charge is -2.12. The van der Waals surface area contributed by atoms with Crippen molar-refractivity contribution in [2.24, 2.45) is 0 Å². The number of benzene rings is 4. The highest BCUT2D eigenvalue weighted by atomic mass is 14.8. The molecule has 0 fully saturated rings. The smallest absolute Gasteiger partial charge is 0.0551 e. The second-order valence-electron chi connectivity index (χ2n) is 8.68. The van der Waals surface area contributed by atoms with E-state index in [2.05, 4.69) is 107 Å². The summed E-state index contributed by atoms with van der Waals surface area (Å²) in [6.07, 6.45) is 0. The minimum atomic E-state index is 1.19. The Morgan fingerprint density at radius 2 is 0.750 bits per heavy atom. The van der Waals surface area contributed by atoms with Crippen LogP contribution in [0.1, 0.15) is 22.3 Å². The number of hydrogen-bond donors (Lipinski definition) is 2. The Morgan fingerprint density at radius 3 is 1.22 bits per heavy atom. The summed E-state index contributed by atoms with van der Waals surface area (Å²) in [6.45, 7) is 0. The van der Waals surface area contributed by atoms with Crippen LogP contribution in [-0.2, 0) is 0 Å². The van der Waals surface area contributed by atoms with E-state index in [9.17, 15) is 0 Å². The number of hydrogen-bond acceptors (Lipinski definition) is 0. The summed E-state index contributed by atoms with van der Waals surface area (Å²) in [4.78, 5) is 7.45. The minimum absolute atomic E-state index is 1.19. The summed E-state index contributed by atoms with van der Waals surface area (Å²) in [5.74, 6) is 0. The van der Waals surface area contributed by atoms with Gasteiger partial charge in [-0.3, -0.25) is 0 Å². The molecular weight excluding hydrogens is 388 g/mol. The molecule has 2 aliphatic carbocycles. The Kier molecular flexibility index (Phi) is 2.91. The topological polar surface area (TPSA) is 31.6 Å². The van der Waals surface area contributed by atoms with Crippen LogP contribution < -0.4 is 0 Å². The van der Waals surface area contributed by atoms with Crippen molar-refractivity contribution in [1.82, 2.24) is 9.97 Å². The van der Waals surface area contributed by atoms with Crippen LogP contribution in [0.25, 0.3) is 55.5 Å². The van der Waals surface area contributed by atoms with Gasteiger partial charge < -0.3 is 9.97 Å². The minimum Gasteiger partial charge on any atom is -0.354 e. The van der Waals surface area contributed by atoms with Gasteiger partial charge in [-0.25, -0.2) is 0 Å². The van der Waals surface area contributed by atoms with Crippen LogP contribution in [0.15, 0.2) is 97.1 Å². The molecule has 0 bridgehead atoms. The van der Waals surface area contributed by atoms with Crippen LogP contribution in [0.2, 0.25) is 0 Å². The third-order valence-corrected chi connectivity index (χ3v) is 7.09. The number of para-hydroxylation sites is 2. The van der Waals surface area contributed by atoms with Crippen molar-refractivity contribution in [1.29, 1.82) is 0 Å². The van der Waals surface area contributed by atoms with Gasteiger partial charge in [0, 0.05) is 55.2 Å². The molecule has 0 saturated heterocycles. The maximum atomic E-state index is 3.72. The molecule has 0 unspecified atom stereocenters. The molecule has 32 heavy (non-hydrogen) atoms. The first-order chi connectivity index (χ1) is 15.9. The zero-order valence-corrected chi connectivity index (χ0v) is 17.2. The zero-order valence-electron chi connectivity index (χ0n) is 17.2. The summed E-state index contributed by atoms with van der Waals surface area (Å²) in [5, 5.41) is 2.57. The average Bonchev–Trinajstić information content (AvgIpc) is 3.56. The Bertz CT molecular complexity index is 1640. The molecule has 0 saturated carbocycles. The fraction of sp³-hybridized carbons (Fsp3) is 0. The molecule has 6 aromatic rings. The van der Waals surface area contributed by atoms with Crippen molar-refractivity contribution in [3.05, 3.63) is 119 Å². The molecule has 2 heterocycles. The van der Waals surface area contributed by atoms with Crippen molar-refractivity contribution in [2.45, 2.75) is 0 Å². The molecule has 2 aromatic heterocycles. The van der Waals surface area contributed by atoms with Gasteiger partial charge in [-0.15, -0.1) is 0 Å². The normalized spacial score (nSPS) is 15.8. The van der Waals surface area contributed by atoms with Gasteiger partial charge in [0.25, 0.3) is 0 Å². The van der Waals surface area contributed by atoms with E-state index >= 15 is 0 Å². The van der Waals surface area contributed by atoms with Gasteiger partial charge in [0.05, 0.1) is 11.4 Å². The summed E-state index contributed by atoms with van der Waals surface area (Å²) in [7, 11) is 0. The van der Waals surface area contributed by atoms with Crippen molar-refractivity contribution in [2.75, 3.05) is 0 Å². The van der Waals surface area contributed by atoms with Crippen molar-refractivity contribution >= 4 is 33.0 Å². The lowest BCUT2D eigenvalue weighted by atomic mass is 9.90. The molecule has 0 spiro atoms. The molecule has 2 N–H and O–H groups in total. The van der Waals surface area contributed by atoms with Gasteiger partial charge in [0.1, 0.15) is 0 Å². The molecule has 0 amide bonds. The lowest BCUT2D eigenvalue weighted by Crippen LogP contribution is -1.91.